The number of nitro groups is 1. The fourth-order valence-electron chi connectivity index (χ4n) is 3.56. The molecule has 0 amide bonds. The number of carboxylic acids is 1. The third-order valence-electron chi connectivity index (χ3n) is 5.27. The Morgan fingerprint density at radius 2 is 2.19 bits per heavy atom. The van der Waals surface area contributed by atoms with E-state index in [1.807, 2.05) is 0 Å². The summed E-state index contributed by atoms with van der Waals surface area (Å²) in [4.78, 5) is 37.3. The van der Waals surface area contributed by atoms with Crippen LogP contribution >= 0.6 is 0 Å². The molecule has 0 spiro atoms. The average molecular weight is 374 g/mol. The molecule has 2 aromatic rings. The van der Waals surface area contributed by atoms with Gasteiger partial charge in [0.15, 0.2) is 0 Å². The average Bonchev–Trinajstić information content (AvgIpc) is 3.35. The highest BCUT2D eigenvalue weighted by atomic mass is 16.6. The van der Waals surface area contributed by atoms with E-state index in [1.54, 1.807) is 31.1 Å². The molecule has 1 saturated carbocycles. The van der Waals surface area contributed by atoms with Crippen LogP contribution < -0.4 is 4.90 Å². The monoisotopic (exact) mass is 374 g/mol. The van der Waals surface area contributed by atoms with Gasteiger partial charge in [-0.1, -0.05) is 19.8 Å². The Morgan fingerprint density at radius 3 is 2.70 bits per heavy atom. The van der Waals surface area contributed by atoms with Crippen molar-refractivity contribution in [1.82, 2.24) is 19.5 Å². The summed E-state index contributed by atoms with van der Waals surface area (Å²) in [7, 11) is 0. The minimum atomic E-state index is -1.32. The van der Waals surface area contributed by atoms with Crippen LogP contribution in [-0.4, -0.2) is 47.1 Å². The van der Waals surface area contributed by atoms with E-state index in [1.165, 1.54) is 10.9 Å². The number of hydrogen-bond donors (Lipinski definition) is 1. The Labute approximate surface area is 156 Å². The van der Waals surface area contributed by atoms with Crippen LogP contribution in [0, 0.1) is 10.1 Å². The molecule has 0 aliphatic heterocycles. The third-order valence-corrected chi connectivity index (χ3v) is 5.27. The number of aromatic nitrogens is 4. The predicted octanol–water partition coefficient (Wildman–Crippen LogP) is 2.57. The van der Waals surface area contributed by atoms with Crippen LogP contribution in [0.5, 0.6) is 0 Å². The van der Waals surface area contributed by atoms with Crippen LogP contribution in [0.1, 0.15) is 46.0 Å². The maximum atomic E-state index is 12.1. The van der Waals surface area contributed by atoms with Crippen LogP contribution in [0.2, 0.25) is 0 Å². The molecule has 10 heteroatoms. The molecule has 0 radical (unpaired) electrons. The first-order valence-electron chi connectivity index (χ1n) is 8.91. The molecule has 1 N–H and O–H groups in total. The van der Waals surface area contributed by atoms with E-state index < -0.39 is 16.4 Å². The van der Waals surface area contributed by atoms with Crippen LogP contribution in [0.25, 0.3) is 5.95 Å². The summed E-state index contributed by atoms with van der Waals surface area (Å²) in [5.41, 5.74) is -1.62. The van der Waals surface area contributed by atoms with E-state index in [0.717, 1.165) is 31.9 Å². The zero-order chi connectivity index (χ0) is 19.6. The van der Waals surface area contributed by atoms with Crippen molar-refractivity contribution in [3.05, 3.63) is 35.0 Å². The van der Waals surface area contributed by atoms with E-state index in [-0.39, 0.29) is 29.9 Å². The van der Waals surface area contributed by atoms with Gasteiger partial charge < -0.3 is 10.0 Å². The second-order valence-corrected chi connectivity index (χ2v) is 6.85. The number of nitrogens with zero attached hydrogens (tertiary/aromatic N) is 6. The quantitative estimate of drug-likeness (QED) is 0.578. The normalized spacial score (nSPS) is 16.8. The van der Waals surface area contributed by atoms with Crippen molar-refractivity contribution >= 4 is 17.5 Å². The standard InChI is InChI=1S/C17H22N6O4/c1-3-17(2,15(24)25)22(12-6-4-5-7-12)14-13(23(26)27)10-19-16(20-14)21-9-8-18-11-21/h8-12H,3-7H2,1-2H3,(H,24,25). The number of imidazole rings is 1. The van der Waals surface area contributed by atoms with E-state index in [2.05, 4.69) is 15.0 Å². The molecule has 3 rings (SSSR count). The number of anilines is 1. The largest absolute Gasteiger partial charge is 0.480 e. The number of aliphatic carboxylic acids is 1. The topological polar surface area (TPSA) is 127 Å². The Morgan fingerprint density at radius 1 is 1.48 bits per heavy atom. The van der Waals surface area contributed by atoms with E-state index in [0.29, 0.717) is 0 Å². The van der Waals surface area contributed by atoms with E-state index in [4.69, 9.17) is 0 Å². The lowest BCUT2D eigenvalue weighted by atomic mass is 9.93. The number of hydrogen-bond acceptors (Lipinski definition) is 7. The first-order chi connectivity index (χ1) is 12.9. The van der Waals surface area contributed by atoms with Gasteiger partial charge in [-0.2, -0.15) is 4.98 Å². The maximum Gasteiger partial charge on any atom is 0.329 e. The van der Waals surface area contributed by atoms with Crippen molar-refractivity contribution in [1.29, 1.82) is 0 Å². The van der Waals surface area contributed by atoms with Crippen LogP contribution in [0.4, 0.5) is 11.5 Å². The van der Waals surface area contributed by atoms with E-state index in [9.17, 15) is 20.0 Å². The summed E-state index contributed by atoms with van der Waals surface area (Å²) in [5, 5.41) is 21.6. The van der Waals surface area contributed by atoms with Crippen molar-refractivity contribution in [3.8, 4) is 5.95 Å². The first-order valence-corrected chi connectivity index (χ1v) is 8.91. The minimum absolute atomic E-state index is 0.0392. The molecule has 2 aromatic heterocycles. The second-order valence-electron chi connectivity index (χ2n) is 6.85. The molecule has 2 heterocycles. The Balaban J connectivity index is 2.21. The van der Waals surface area contributed by atoms with Crippen molar-refractivity contribution < 1.29 is 14.8 Å². The number of carbonyl (C=O) groups is 1. The molecule has 1 unspecified atom stereocenters. The molecule has 1 atom stereocenters. The van der Waals surface area contributed by atoms with Gasteiger partial charge in [0.05, 0.1) is 4.92 Å². The Bertz CT molecular complexity index is 834. The highest BCUT2D eigenvalue weighted by Crippen LogP contribution is 2.39. The summed E-state index contributed by atoms with van der Waals surface area (Å²) < 4.78 is 1.53. The summed E-state index contributed by atoms with van der Waals surface area (Å²) >= 11 is 0. The highest BCUT2D eigenvalue weighted by Gasteiger charge is 2.46. The molecular formula is C17H22N6O4. The maximum absolute atomic E-state index is 12.1. The zero-order valence-electron chi connectivity index (χ0n) is 15.3. The summed E-state index contributed by atoms with van der Waals surface area (Å²) in [6.45, 7) is 3.36. The molecule has 1 aliphatic carbocycles. The lowest BCUT2D eigenvalue weighted by Gasteiger charge is -2.42. The van der Waals surface area contributed by atoms with Gasteiger partial charge in [0.1, 0.15) is 18.1 Å². The SMILES string of the molecule is CCC(C)(C(=O)O)N(c1nc(-n2ccnc2)ncc1[N+](=O)[O-])C1CCCC1. The van der Waals surface area contributed by atoms with Gasteiger partial charge in [0.2, 0.25) is 11.8 Å². The van der Waals surface area contributed by atoms with Gasteiger partial charge in [-0.05, 0) is 26.2 Å². The molecule has 0 saturated heterocycles. The van der Waals surface area contributed by atoms with Crippen molar-refractivity contribution in [3.63, 3.8) is 0 Å². The van der Waals surface area contributed by atoms with Gasteiger partial charge in [-0.25, -0.2) is 14.8 Å². The minimum Gasteiger partial charge on any atom is -0.480 e. The first kappa shape index (κ1) is 18.7. The lowest BCUT2D eigenvalue weighted by Crippen LogP contribution is -2.56. The van der Waals surface area contributed by atoms with Crippen molar-refractivity contribution in [2.75, 3.05) is 4.90 Å². The smallest absolute Gasteiger partial charge is 0.329 e. The molecule has 27 heavy (non-hydrogen) atoms. The number of rotatable bonds is 7. The molecular weight excluding hydrogens is 352 g/mol. The van der Waals surface area contributed by atoms with Gasteiger partial charge in [-0.15, -0.1) is 0 Å². The third kappa shape index (κ3) is 3.34. The van der Waals surface area contributed by atoms with Crippen molar-refractivity contribution in [2.24, 2.45) is 0 Å². The van der Waals surface area contributed by atoms with Crippen molar-refractivity contribution in [2.45, 2.75) is 57.5 Å². The lowest BCUT2D eigenvalue weighted by molar-refractivity contribution is -0.384. The van der Waals surface area contributed by atoms with Gasteiger partial charge in [0, 0.05) is 18.4 Å². The molecule has 10 nitrogen and oxygen atoms in total. The Hall–Kier alpha value is -3.04. The van der Waals surface area contributed by atoms with Crippen LogP contribution in [-0.2, 0) is 4.79 Å². The van der Waals surface area contributed by atoms with Gasteiger partial charge in [0.25, 0.3) is 0 Å². The molecule has 1 aliphatic rings. The van der Waals surface area contributed by atoms with Crippen LogP contribution in [0.15, 0.2) is 24.9 Å². The van der Waals surface area contributed by atoms with Gasteiger partial charge >= 0.3 is 11.7 Å². The molecule has 0 bridgehead atoms. The summed E-state index contributed by atoms with van der Waals surface area (Å²) in [6, 6.07) is -0.129. The fourth-order valence-corrected chi connectivity index (χ4v) is 3.56. The predicted molar refractivity (Wildman–Crippen MR) is 96.9 cm³/mol. The van der Waals surface area contributed by atoms with Crippen LogP contribution in [0.3, 0.4) is 0 Å². The zero-order valence-corrected chi connectivity index (χ0v) is 15.3. The van der Waals surface area contributed by atoms with Gasteiger partial charge in [-0.3, -0.25) is 14.7 Å². The Kier molecular flexibility index (Phi) is 5.06. The second kappa shape index (κ2) is 7.29. The summed E-state index contributed by atoms with van der Waals surface area (Å²) in [6.07, 6.45) is 9.52. The fraction of sp³-hybridized carbons (Fsp3) is 0.529. The van der Waals surface area contributed by atoms with E-state index >= 15 is 0 Å². The molecule has 0 aromatic carbocycles. The molecule has 1 fully saturated rings. The highest BCUT2D eigenvalue weighted by molar-refractivity contribution is 5.84. The number of carboxylic acid groups (broad SMARTS) is 1. The summed E-state index contributed by atoms with van der Waals surface area (Å²) in [5.74, 6) is -0.786. The molecule has 144 valence electrons.